The van der Waals surface area contributed by atoms with Crippen LogP contribution in [0.25, 0.3) is 16.9 Å². The molecule has 2 aromatic heterocycles. The Kier molecular flexibility index (Phi) is 9.67. The summed E-state index contributed by atoms with van der Waals surface area (Å²) < 4.78 is 41.4. The second-order valence-electron chi connectivity index (χ2n) is 10.6. The maximum atomic E-state index is 14.1. The van der Waals surface area contributed by atoms with Crippen molar-refractivity contribution in [2.24, 2.45) is 0 Å². The van der Waals surface area contributed by atoms with Crippen LogP contribution in [0.15, 0.2) is 30.3 Å². The Morgan fingerprint density at radius 3 is 2.48 bits per heavy atom. The highest BCUT2D eigenvalue weighted by molar-refractivity contribution is 5.85. The minimum Gasteiger partial charge on any atom is -0.378 e. The summed E-state index contributed by atoms with van der Waals surface area (Å²) in [5.74, 6) is 1.21. The highest BCUT2D eigenvalue weighted by Crippen LogP contribution is 2.30. The summed E-state index contributed by atoms with van der Waals surface area (Å²) in [7, 11) is 0. The van der Waals surface area contributed by atoms with E-state index in [1.165, 1.54) is 30.5 Å². The van der Waals surface area contributed by atoms with Crippen molar-refractivity contribution < 1.29 is 18.3 Å². The predicted molar refractivity (Wildman–Crippen MR) is 153 cm³/mol. The minimum absolute atomic E-state index is 0. The number of likely N-dealkylation sites (tertiary alicyclic amines) is 1. The number of imidazole rings is 1. The second-order valence-corrected chi connectivity index (χ2v) is 10.6. The molecule has 2 aliphatic heterocycles. The number of hydrogen-bond donors (Lipinski definition) is 1. The van der Waals surface area contributed by atoms with Gasteiger partial charge in [0.1, 0.15) is 11.6 Å². The molecule has 1 aliphatic carbocycles. The number of hydrogen-bond acceptors (Lipinski definition) is 8. The van der Waals surface area contributed by atoms with E-state index in [4.69, 9.17) is 19.4 Å². The number of nitrogens with zero attached hydrogens (tertiary/aromatic N) is 6. The van der Waals surface area contributed by atoms with Gasteiger partial charge in [-0.2, -0.15) is 9.97 Å². The van der Waals surface area contributed by atoms with Gasteiger partial charge in [0.05, 0.1) is 37.0 Å². The number of aromatic nitrogens is 4. The van der Waals surface area contributed by atoms with Crippen LogP contribution < -0.4 is 10.2 Å². The minimum atomic E-state index is -2.74. The van der Waals surface area contributed by atoms with Gasteiger partial charge in [-0.05, 0) is 63.7 Å². The molecule has 12 heteroatoms. The second kappa shape index (κ2) is 13.4. The van der Waals surface area contributed by atoms with Gasteiger partial charge in [0, 0.05) is 31.7 Å². The third-order valence-electron chi connectivity index (χ3n) is 7.99. The Hall–Kier alpha value is -2.60. The molecule has 3 aliphatic rings. The molecule has 1 aromatic carbocycles. The topological polar surface area (TPSA) is 80.6 Å². The highest BCUT2D eigenvalue weighted by atomic mass is 35.5. The molecular formula is C28H38ClF2N7O2. The molecule has 4 heterocycles. The van der Waals surface area contributed by atoms with E-state index in [-0.39, 0.29) is 24.3 Å². The van der Waals surface area contributed by atoms with Crippen LogP contribution in [-0.2, 0) is 9.47 Å². The van der Waals surface area contributed by atoms with E-state index in [9.17, 15) is 8.78 Å². The normalized spacial score (nSPS) is 22.1. The molecule has 218 valence electrons. The summed E-state index contributed by atoms with van der Waals surface area (Å²) in [6.45, 7) is 6.66. The number of nitrogens with one attached hydrogen (secondary N) is 1. The van der Waals surface area contributed by atoms with Crippen LogP contribution >= 0.6 is 12.4 Å². The molecule has 0 unspecified atom stereocenters. The third-order valence-corrected chi connectivity index (χ3v) is 7.99. The molecule has 2 saturated heterocycles. The quantitative estimate of drug-likeness (QED) is 0.387. The number of anilines is 2. The van der Waals surface area contributed by atoms with E-state index in [0.717, 1.165) is 38.8 Å². The molecule has 1 N–H and O–H groups in total. The highest BCUT2D eigenvalue weighted by Gasteiger charge is 2.26. The summed E-state index contributed by atoms with van der Waals surface area (Å²) in [4.78, 5) is 18.3. The van der Waals surface area contributed by atoms with Crippen LogP contribution in [0.3, 0.4) is 0 Å². The maximum absolute atomic E-state index is 14.1. The Morgan fingerprint density at radius 1 is 0.975 bits per heavy atom. The largest absolute Gasteiger partial charge is 0.378 e. The monoisotopic (exact) mass is 577 g/mol. The molecular weight excluding hydrogens is 540 g/mol. The van der Waals surface area contributed by atoms with Crippen molar-refractivity contribution in [3.05, 3.63) is 36.2 Å². The van der Waals surface area contributed by atoms with Crippen LogP contribution in [0.5, 0.6) is 0 Å². The Labute approximate surface area is 239 Å². The molecule has 0 atom stereocenters. The number of benzene rings is 1. The Morgan fingerprint density at radius 2 is 1.73 bits per heavy atom. The molecule has 0 radical (unpaired) electrons. The van der Waals surface area contributed by atoms with E-state index >= 15 is 0 Å². The van der Waals surface area contributed by atoms with Crippen molar-refractivity contribution >= 4 is 35.2 Å². The van der Waals surface area contributed by atoms with Crippen LogP contribution in [-0.4, -0.2) is 89.1 Å². The number of halogens is 3. The number of morpholine rings is 1. The first-order valence-corrected chi connectivity index (χ1v) is 14.2. The van der Waals surface area contributed by atoms with Gasteiger partial charge < -0.3 is 24.6 Å². The van der Waals surface area contributed by atoms with Crippen molar-refractivity contribution in [3.63, 3.8) is 0 Å². The first-order chi connectivity index (χ1) is 19.1. The summed E-state index contributed by atoms with van der Waals surface area (Å²) >= 11 is 0. The van der Waals surface area contributed by atoms with E-state index in [2.05, 4.69) is 15.2 Å². The molecule has 3 aromatic rings. The zero-order valence-corrected chi connectivity index (χ0v) is 23.5. The molecule has 0 spiro atoms. The van der Waals surface area contributed by atoms with E-state index in [0.29, 0.717) is 61.0 Å². The smallest absolute Gasteiger partial charge is 0.296 e. The average Bonchev–Trinajstić information content (AvgIpc) is 3.63. The molecule has 9 nitrogen and oxygen atoms in total. The van der Waals surface area contributed by atoms with Gasteiger partial charge >= 0.3 is 0 Å². The summed E-state index contributed by atoms with van der Waals surface area (Å²) in [5, 5.41) is 3.59. The lowest BCUT2D eigenvalue weighted by atomic mass is 9.93. The predicted octanol–water partition coefficient (Wildman–Crippen LogP) is 4.85. The SMILES string of the molecule is Cl.FC(F)c1nc2ccccc2n1-c1cc(NC2CCC(OCCN3CCCC3)CC2)nc(N2CCOCC2)n1. The van der Waals surface area contributed by atoms with Gasteiger partial charge in [0.25, 0.3) is 6.43 Å². The van der Waals surface area contributed by atoms with Gasteiger partial charge in [-0.25, -0.2) is 13.8 Å². The fourth-order valence-corrected chi connectivity index (χ4v) is 5.88. The first-order valence-electron chi connectivity index (χ1n) is 14.2. The van der Waals surface area contributed by atoms with Crippen LogP contribution in [0.1, 0.15) is 50.8 Å². The zero-order valence-electron chi connectivity index (χ0n) is 22.7. The average molecular weight is 578 g/mol. The number of fused-ring (bicyclic) bond motifs is 1. The number of para-hydroxylation sites is 2. The molecule has 0 amide bonds. The fourth-order valence-electron chi connectivity index (χ4n) is 5.88. The van der Waals surface area contributed by atoms with E-state index in [1.807, 2.05) is 11.0 Å². The number of alkyl halides is 2. The van der Waals surface area contributed by atoms with E-state index < -0.39 is 6.43 Å². The van der Waals surface area contributed by atoms with Gasteiger partial charge in [-0.3, -0.25) is 4.57 Å². The van der Waals surface area contributed by atoms with Gasteiger partial charge in [-0.1, -0.05) is 12.1 Å². The summed E-state index contributed by atoms with van der Waals surface area (Å²) in [6.07, 6.45) is 4.08. The molecule has 6 rings (SSSR count). The number of rotatable bonds is 9. The Bertz CT molecular complexity index is 1240. The zero-order chi connectivity index (χ0) is 26.6. The summed E-state index contributed by atoms with van der Waals surface area (Å²) in [6, 6.07) is 9.16. The molecule has 40 heavy (non-hydrogen) atoms. The number of ether oxygens (including phenoxy) is 2. The maximum Gasteiger partial charge on any atom is 0.296 e. The van der Waals surface area contributed by atoms with Crippen LogP contribution in [0.2, 0.25) is 0 Å². The van der Waals surface area contributed by atoms with Crippen molar-refractivity contribution in [1.29, 1.82) is 0 Å². The fraction of sp³-hybridized carbons (Fsp3) is 0.607. The standard InChI is InChI=1S/C28H37F2N7O2.ClH/c29-26(30)27-32-22-5-1-2-6-23(22)37(27)25-19-24(33-28(34-25)36-14-16-38-17-15-36)31-20-7-9-21(10-8-20)39-18-13-35-11-3-4-12-35;/h1-2,5-6,19-21,26H,3-4,7-18H2,(H,31,33,34);1H. The molecule has 3 fully saturated rings. The molecule has 1 saturated carbocycles. The van der Waals surface area contributed by atoms with Crippen molar-refractivity contribution in [3.8, 4) is 5.82 Å². The lowest BCUT2D eigenvalue weighted by Crippen LogP contribution is -2.38. The first kappa shape index (κ1) is 28.9. The third kappa shape index (κ3) is 6.64. The van der Waals surface area contributed by atoms with Crippen LogP contribution in [0.4, 0.5) is 20.5 Å². The molecule has 0 bridgehead atoms. The lowest BCUT2D eigenvalue weighted by molar-refractivity contribution is 0.0170. The van der Waals surface area contributed by atoms with Gasteiger partial charge in [0.15, 0.2) is 5.82 Å². The summed E-state index contributed by atoms with van der Waals surface area (Å²) in [5.41, 5.74) is 1.11. The van der Waals surface area contributed by atoms with Gasteiger partial charge in [-0.15, -0.1) is 12.4 Å². The van der Waals surface area contributed by atoms with Gasteiger partial charge in [0.2, 0.25) is 5.95 Å². The Balaban J connectivity index is 0.00000323. The van der Waals surface area contributed by atoms with Crippen molar-refractivity contribution in [1.82, 2.24) is 24.4 Å². The van der Waals surface area contributed by atoms with Crippen molar-refractivity contribution in [2.45, 2.75) is 57.1 Å². The van der Waals surface area contributed by atoms with E-state index in [1.54, 1.807) is 24.3 Å². The van der Waals surface area contributed by atoms with Crippen molar-refractivity contribution in [2.75, 3.05) is 62.8 Å². The van der Waals surface area contributed by atoms with Crippen LogP contribution in [0, 0.1) is 0 Å². The lowest BCUT2D eigenvalue weighted by Gasteiger charge is -2.31.